The fourth-order valence-corrected chi connectivity index (χ4v) is 4.91. The molecule has 1 aliphatic rings. The van der Waals surface area contributed by atoms with Crippen molar-refractivity contribution < 1.29 is 17.9 Å². The Morgan fingerprint density at radius 2 is 2.03 bits per heavy atom. The summed E-state index contributed by atoms with van der Waals surface area (Å²) in [6.45, 7) is 1.87. The lowest BCUT2D eigenvalue weighted by Crippen LogP contribution is -2.23. The highest BCUT2D eigenvalue weighted by molar-refractivity contribution is 7.91. The highest BCUT2D eigenvalue weighted by Crippen LogP contribution is 2.30. The van der Waals surface area contributed by atoms with Gasteiger partial charge < -0.3 is 16.2 Å². The second-order valence-corrected chi connectivity index (χ2v) is 9.37. The lowest BCUT2D eigenvalue weighted by atomic mass is 10.0. The molecule has 0 saturated carbocycles. The monoisotopic (exact) mass is 428 g/mol. The summed E-state index contributed by atoms with van der Waals surface area (Å²) in [7, 11) is -3.14. The van der Waals surface area contributed by atoms with Crippen LogP contribution in [0.25, 0.3) is 22.0 Å². The van der Waals surface area contributed by atoms with Crippen molar-refractivity contribution in [1.82, 2.24) is 15.0 Å². The van der Waals surface area contributed by atoms with Crippen LogP contribution in [0.3, 0.4) is 0 Å². The molecule has 1 fully saturated rings. The Morgan fingerprint density at radius 3 is 2.77 bits per heavy atom. The Labute approximate surface area is 172 Å². The van der Waals surface area contributed by atoms with E-state index in [1.807, 2.05) is 6.92 Å². The second kappa shape index (κ2) is 7.41. The number of pyridine rings is 3. The number of hydrogen-bond donors (Lipinski definition) is 3. The van der Waals surface area contributed by atoms with Crippen LogP contribution in [0.2, 0.25) is 0 Å². The number of nitrogens with zero attached hydrogens (tertiary/aromatic N) is 3. The number of amides is 1. The number of rotatable bonds is 3. The van der Waals surface area contributed by atoms with Gasteiger partial charge >= 0.3 is 6.09 Å². The number of sulfone groups is 1. The zero-order chi connectivity index (χ0) is 21.5. The average molecular weight is 428 g/mol. The molecule has 1 amide bonds. The van der Waals surface area contributed by atoms with Gasteiger partial charge in [0.1, 0.15) is 17.7 Å². The third-order valence-electron chi connectivity index (χ3n) is 4.97. The van der Waals surface area contributed by atoms with Gasteiger partial charge in [-0.25, -0.2) is 23.2 Å². The summed E-state index contributed by atoms with van der Waals surface area (Å²) < 4.78 is 28.2. The zero-order valence-corrected chi connectivity index (χ0v) is 16.9. The minimum atomic E-state index is -3.14. The fraction of sp³-hybridized carbons (Fsp3) is 0.263. The lowest BCUT2D eigenvalue weighted by molar-refractivity contribution is 0.124. The van der Waals surface area contributed by atoms with Gasteiger partial charge in [-0.05, 0) is 36.4 Å². The SMILES string of the molecule is Cc1c(N)cncc1-c1cc2cc(NC(=O)O[C@H]3CCS(=O)(=O)C3)ncc2c(N)n1. The summed E-state index contributed by atoms with van der Waals surface area (Å²) in [4.78, 5) is 24.8. The molecule has 5 N–H and O–H groups in total. The van der Waals surface area contributed by atoms with Gasteiger partial charge in [0.2, 0.25) is 0 Å². The molecule has 4 rings (SSSR count). The maximum Gasteiger partial charge on any atom is 0.413 e. The van der Waals surface area contributed by atoms with Crippen LogP contribution in [0.4, 0.5) is 22.1 Å². The number of ether oxygens (including phenoxy) is 1. The Bertz CT molecular complexity index is 1260. The van der Waals surface area contributed by atoms with Gasteiger partial charge in [-0.3, -0.25) is 10.3 Å². The summed E-state index contributed by atoms with van der Waals surface area (Å²) in [5.74, 6) is 0.381. The van der Waals surface area contributed by atoms with Crippen molar-refractivity contribution in [2.75, 3.05) is 28.3 Å². The van der Waals surface area contributed by atoms with Crippen LogP contribution >= 0.6 is 0 Å². The second-order valence-electron chi connectivity index (χ2n) is 7.14. The van der Waals surface area contributed by atoms with Gasteiger partial charge in [0.25, 0.3) is 0 Å². The molecule has 1 saturated heterocycles. The van der Waals surface area contributed by atoms with Crippen LogP contribution in [0, 0.1) is 6.92 Å². The Kier molecular flexibility index (Phi) is 4.90. The normalized spacial score (nSPS) is 17.7. The van der Waals surface area contributed by atoms with E-state index in [2.05, 4.69) is 20.3 Å². The number of carbonyl (C=O) groups excluding carboxylic acids is 1. The van der Waals surface area contributed by atoms with Crippen molar-refractivity contribution in [3.8, 4) is 11.3 Å². The van der Waals surface area contributed by atoms with E-state index in [0.717, 1.165) is 11.1 Å². The summed E-state index contributed by atoms with van der Waals surface area (Å²) in [5, 5.41) is 3.85. The van der Waals surface area contributed by atoms with E-state index in [4.69, 9.17) is 16.2 Å². The highest BCUT2D eigenvalue weighted by atomic mass is 32.2. The van der Waals surface area contributed by atoms with Crippen LogP contribution in [-0.4, -0.2) is 47.1 Å². The molecule has 3 aromatic heterocycles. The maximum absolute atomic E-state index is 12.1. The summed E-state index contributed by atoms with van der Waals surface area (Å²) in [6, 6.07) is 3.44. The number of hydrogen-bond acceptors (Lipinski definition) is 9. The standard InChI is InChI=1S/C19H20N6O4S/c1-10-13(6-22-8-15(10)20)16-4-11-5-17(23-7-14(11)18(21)24-16)25-19(26)29-12-2-3-30(27,28)9-12/h4-8,12H,2-3,9,20H2,1H3,(H2,21,24)(H,23,25,26)/t12-/m0/s1. The van der Waals surface area contributed by atoms with Crippen molar-refractivity contribution >= 4 is 44.0 Å². The minimum Gasteiger partial charge on any atom is -0.445 e. The predicted octanol–water partition coefficient (Wildman–Crippen LogP) is 1.90. The minimum absolute atomic E-state index is 0.0203. The van der Waals surface area contributed by atoms with Crippen molar-refractivity contribution in [3.63, 3.8) is 0 Å². The van der Waals surface area contributed by atoms with Crippen LogP contribution < -0.4 is 16.8 Å². The molecular formula is C19H20N6O4S. The molecule has 11 heteroatoms. The number of fused-ring (bicyclic) bond motifs is 1. The topological polar surface area (TPSA) is 163 Å². The van der Waals surface area contributed by atoms with E-state index >= 15 is 0 Å². The van der Waals surface area contributed by atoms with Crippen LogP contribution in [-0.2, 0) is 14.6 Å². The van der Waals surface area contributed by atoms with E-state index in [1.54, 1.807) is 24.5 Å². The quantitative estimate of drug-likeness (QED) is 0.565. The van der Waals surface area contributed by atoms with Crippen molar-refractivity contribution in [1.29, 1.82) is 0 Å². The first kappa shape index (κ1) is 19.8. The third-order valence-corrected chi connectivity index (χ3v) is 6.71. The maximum atomic E-state index is 12.1. The molecule has 0 spiro atoms. The molecule has 4 heterocycles. The average Bonchev–Trinajstić information content (AvgIpc) is 3.01. The number of carbonyl (C=O) groups is 1. The Hall–Kier alpha value is -3.47. The van der Waals surface area contributed by atoms with Gasteiger partial charge in [-0.2, -0.15) is 0 Å². The molecule has 30 heavy (non-hydrogen) atoms. The number of anilines is 3. The van der Waals surface area contributed by atoms with Crippen molar-refractivity contribution in [3.05, 3.63) is 36.3 Å². The first-order chi connectivity index (χ1) is 14.2. The van der Waals surface area contributed by atoms with E-state index in [1.165, 1.54) is 6.20 Å². The molecule has 1 atom stereocenters. The van der Waals surface area contributed by atoms with Gasteiger partial charge in [0.15, 0.2) is 9.84 Å². The lowest BCUT2D eigenvalue weighted by Gasteiger charge is -2.12. The molecule has 3 aromatic rings. The highest BCUT2D eigenvalue weighted by Gasteiger charge is 2.30. The molecule has 0 radical (unpaired) electrons. The first-order valence-corrected chi connectivity index (χ1v) is 11.0. The van der Waals surface area contributed by atoms with E-state index in [9.17, 15) is 13.2 Å². The molecule has 0 bridgehead atoms. The first-order valence-electron chi connectivity index (χ1n) is 9.16. The Balaban J connectivity index is 1.60. The zero-order valence-electron chi connectivity index (χ0n) is 16.1. The molecular weight excluding hydrogens is 408 g/mol. The molecule has 156 valence electrons. The van der Waals surface area contributed by atoms with Crippen LogP contribution in [0.5, 0.6) is 0 Å². The fourth-order valence-electron chi connectivity index (χ4n) is 3.32. The summed E-state index contributed by atoms with van der Waals surface area (Å²) >= 11 is 0. The molecule has 0 aliphatic carbocycles. The molecule has 0 aromatic carbocycles. The number of aromatic nitrogens is 3. The third kappa shape index (κ3) is 3.96. The van der Waals surface area contributed by atoms with E-state index < -0.39 is 22.0 Å². The molecule has 1 aliphatic heterocycles. The molecule has 0 unspecified atom stereocenters. The summed E-state index contributed by atoms with van der Waals surface area (Å²) in [5.41, 5.74) is 14.8. The largest absolute Gasteiger partial charge is 0.445 e. The van der Waals surface area contributed by atoms with Gasteiger partial charge in [0, 0.05) is 23.3 Å². The van der Waals surface area contributed by atoms with E-state index in [-0.39, 0.29) is 23.1 Å². The Morgan fingerprint density at radius 1 is 1.23 bits per heavy atom. The van der Waals surface area contributed by atoms with Gasteiger partial charge in [0.05, 0.1) is 29.1 Å². The van der Waals surface area contributed by atoms with Crippen molar-refractivity contribution in [2.24, 2.45) is 0 Å². The number of nitrogens with one attached hydrogen (secondary N) is 1. The smallest absolute Gasteiger partial charge is 0.413 e. The van der Waals surface area contributed by atoms with Crippen LogP contribution in [0.15, 0.2) is 30.7 Å². The number of nitrogens with two attached hydrogens (primary N) is 2. The summed E-state index contributed by atoms with van der Waals surface area (Å²) in [6.07, 6.45) is 3.60. The van der Waals surface area contributed by atoms with Gasteiger partial charge in [-0.15, -0.1) is 0 Å². The van der Waals surface area contributed by atoms with Crippen molar-refractivity contribution in [2.45, 2.75) is 19.4 Å². The van der Waals surface area contributed by atoms with E-state index in [0.29, 0.717) is 28.6 Å². The number of nitrogen functional groups attached to an aromatic ring is 2. The molecule has 10 nitrogen and oxygen atoms in total. The van der Waals surface area contributed by atoms with Crippen LogP contribution in [0.1, 0.15) is 12.0 Å². The predicted molar refractivity (Wildman–Crippen MR) is 113 cm³/mol. The van der Waals surface area contributed by atoms with Gasteiger partial charge in [-0.1, -0.05) is 0 Å².